The lowest BCUT2D eigenvalue weighted by Crippen LogP contribution is -2.41. The van der Waals surface area contributed by atoms with Crippen LogP contribution in [0.4, 0.5) is 0 Å². The number of rotatable bonds is 3. The summed E-state index contributed by atoms with van der Waals surface area (Å²) in [5.41, 5.74) is 6.86. The zero-order valence-corrected chi connectivity index (χ0v) is 34.3. The highest BCUT2D eigenvalue weighted by atomic mass is 79.9. The van der Waals surface area contributed by atoms with Crippen LogP contribution in [0.5, 0.6) is 0 Å². The first-order valence-corrected chi connectivity index (χ1v) is 19.2. The van der Waals surface area contributed by atoms with Crippen molar-refractivity contribution in [1.82, 2.24) is 9.97 Å². The van der Waals surface area contributed by atoms with Crippen molar-refractivity contribution in [2.24, 2.45) is 0 Å². The van der Waals surface area contributed by atoms with Crippen LogP contribution >= 0.6 is 66.7 Å². The minimum absolute atomic E-state index is 0.294. The number of aromatic nitrogens is 2. The molecule has 1 fully saturated rings. The van der Waals surface area contributed by atoms with Crippen molar-refractivity contribution in [3.63, 3.8) is 0 Å². The Kier molecular flexibility index (Phi) is 12.1. The molecular weight excluding hydrogens is 841 g/mol. The predicted octanol–water partition coefficient (Wildman–Crippen LogP) is 13.3. The van der Waals surface area contributed by atoms with Crippen molar-refractivity contribution < 1.29 is 9.31 Å². The van der Waals surface area contributed by atoms with E-state index in [-0.39, 0.29) is 18.3 Å². The summed E-state index contributed by atoms with van der Waals surface area (Å²) >= 11 is 24.8. The van der Waals surface area contributed by atoms with E-state index in [4.69, 9.17) is 44.1 Å². The minimum Gasteiger partial charge on any atom is -0.399 e. The highest BCUT2D eigenvalue weighted by molar-refractivity contribution is 9.11. The molecule has 1 saturated heterocycles. The fraction of sp³-hybridized carbons (Fsp3) is 0.143. The zero-order chi connectivity index (χ0) is 37.0. The molecule has 1 aliphatic rings. The fourth-order valence-corrected chi connectivity index (χ4v) is 6.90. The Morgan fingerprint density at radius 3 is 1.48 bits per heavy atom. The Bertz CT molecular complexity index is 2180. The first kappa shape index (κ1) is 38.5. The summed E-state index contributed by atoms with van der Waals surface area (Å²) < 4.78 is 14.0. The van der Waals surface area contributed by atoms with Crippen LogP contribution in [0.25, 0.3) is 44.1 Å². The number of fused-ring (bicyclic) bond motifs is 2. The summed E-state index contributed by atoms with van der Waals surface area (Å²) in [6, 6.07) is 39.6. The van der Waals surface area contributed by atoms with Crippen LogP contribution < -0.4 is 5.46 Å². The molecule has 0 N–H and O–H groups in total. The molecule has 0 aliphatic carbocycles. The second kappa shape index (κ2) is 16.4. The predicted molar refractivity (Wildman–Crippen MR) is 227 cm³/mol. The van der Waals surface area contributed by atoms with E-state index in [9.17, 15) is 0 Å². The van der Waals surface area contributed by atoms with Gasteiger partial charge in [-0.05, 0) is 126 Å². The van der Waals surface area contributed by atoms with E-state index >= 15 is 0 Å². The van der Waals surface area contributed by atoms with Crippen LogP contribution in [0.3, 0.4) is 0 Å². The number of nitrogens with zero attached hydrogens (tertiary/aromatic N) is 2. The Morgan fingerprint density at radius 2 is 0.942 bits per heavy atom. The normalized spacial score (nSPS) is 14.4. The Morgan fingerprint density at radius 1 is 0.500 bits per heavy atom. The van der Waals surface area contributed by atoms with E-state index < -0.39 is 0 Å². The van der Waals surface area contributed by atoms with Crippen LogP contribution in [-0.4, -0.2) is 28.3 Å². The second-order valence-electron chi connectivity index (χ2n) is 13.1. The SMILES string of the molecule is Brc1ccc(Br)c2ncccc12.CC1(C)OB(c2ccc(Cl)cc2)OC1(C)C.Clc1ccc(-c2ccc(-c3ccc(Cl)cc3)c3ncccc23)cc1. The quantitative estimate of drug-likeness (QED) is 0.166. The maximum absolute atomic E-state index is 6.01. The third-order valence-electron chi connectivity index (χ3n) is 9.14. The first-order chi connectivity index (χ1) is 24.8. The van der Waals surface area contributed by atoms with E-state index in [2.05, 4.69) is 60.0 Å². The third kappa shape index (κ3) is 8.74. The summed E-state index contributed by atoms with van der Waals surface area (Å²) in [6.45, 7) is 8.18. The Hall–Kier alpha value is -3.27. The molecule has 0 amide bonds. The standard InChI is InChI=1S/C21H13Cl2N.C12H16BClO2.C9H5Br2N/c22-16-7-3-14(4-8-16)18-11-12-19(15-5-9-17(23)10-6-15)21-20(18)2-1-13-24-21;1-11(2)12(3,4)16-13(15-11)9-5-7-10(14)8-6-9;10-7-3-4-8(11)9-6(7)2-1-5-12-9/h1-13H;5-8H,1-4H3;1-5H. The molecule has 0 atom stereocenters. The van der Waals surface area contributed by atoms with Crippen molar-refractivity contribution in [2.75, 3.05) is 0 Å². The minimum atomic E-state index is -0.303. The highest BCUT2D eigenvalue weighted by Gasteiger charge is 2.51. The topological polar surface area (TPSA) is 44.2 Å². The van der Waals surface area contributed by atoms with Gasteiger partial charge in [-0.2, -0.15) is 0 Å². The van der Waals surface area contributed by atoms with Crippen molar-refractivity contribution in [3.8, 4) is 22.3 Å². The van der Waals surface area contributed by atoms with Gasteiger partial charge in [-0.15, -0.1) is 0 Å². The lowest BCUT2D eigenvalue weighted by molar-refractivity contribution is 0.00578. The van der Waals surface area contributed by atoms with Crippen molar-refractivity contribution in [2.45, 2.75) is 38.9 Å². The molecular formula is C42H34BBr2Cl3N2O2. The largest absolute Gasteiger partial charge is 0.494 e. The fourth-order valence-electron chi connectivity index (χ4n) is 5.62. The van der Waals surface area contributed by atoms with Gasteiger partial charge in [-0.3, -0.25) is 9.97 Å². The summed E-state index contributed by atoms with van der Waals surface area (Å²) in [5, 5.41) is 4.44. The van der Waals surface area contributed by atoms with Crippen LogP contribution in [-0.2, 0) is 9.31 Å². The zero-order valence-electron chi connectivity index (χ0n) is 28.9. The Balaban J connectivity index is 0.000000143. The van der Waals surface area contributed by atoms with E-state index in [0.29, 0.717) is 0 Å². The van der Waals surface area contributed by atoms with Gasteiger partial charge in [-0.25, -0.2) is 0 Å². The maximum Gasteiger partial charge on any atom is 0.494 e. The molecule has 0 spiro atoms. The van der Waals surface area contributed by atoms with Gasteiger partial charge in [-0.1, -0.05) is 111 Å². The van der Waals surface area contributed by atoms with Crippen LogP contribution in [0.15, 0.2) is 143 Å². The van der Waals surface area contributed by atoms with Crippen LogP contribution in [0, 0.1) is 0 Å². The van der Waals surface area contributed by atoms with Crippen molar-refractivity contribution in [3.05, 3.63) is 158 Å². The molecule has 3 heterocycles. The van der Waals surface area contributed by atoms with Gasteiger partial charge in [0.25, 0.3) is 0 Å². The molecule has 2 aromatic heterocycles. The number of halogens is 5. The molecule has 7 aromatic rings. The lowest BCUT2D eigenvalue weighted by Gasteiger charge is -2.32. The van der Waals surface area contributed by atoms with Gasteiger partial charge in [0.2, 0.25) is 0 Å². The number of hydrogen-bond acceptors (Lipinski definition) is 4. The number of benzene rings is 5. The molecule has 0 saturated carbocycles. The first-order valence-electron chi connectivity index (χ1n) is 16.5. The highest BCUT2D eigenvalue weighted by Crippen LogP contribution is 2.37. The molecule has 4 nitrogen and oxygen atoms in total. The van der Waals surface area contributed by atoms with Gasteiger partial charge >= 0.3 is 7.12 Å². The molecule has 0 unspecified atom stereocenters. The lowest BCUT2D eigenvalue weighted by atomic mass is 9.79. The second-order valence-corrected chi connectivity index (χ2v) is 16.2. The average Bonchev–Trinajstić information content (AvgIpc) is 3.37. The monoisotopic (exact) mass is 872 g/mol. The molecule has 262 valence electrons. The summed E-state index contributed by atoms with van der Waals surface area (Å²) in [7, 11) is -0.303. The molecule has 1 aliphatic heterocycles. The van der Waals surface area contributed by atoms with Gasteiger partial charge in [0.05, 0.1) is 22.2 Å². The summed E-state index contributed by atoms with van der Waals surface area (Å²) in [6.07, 6.45) is 3.62. The van der Waals surface area contributed by atoms with Crippen molar-refractivity contribution in [1.29, 1.82) is 0 Å². The molecule has 10 heteroatoms. The molecule has 52 heavy (non-hydrogen) atoms. The van der Waals surface area contributed by atoms with Gasteiger partial charge in [0.1, 0.15) is 0 Å². The summed E-state index contributed by atoms with van der Waals surface area (Å²) in [4.78, 5) is 8.89. The van der Waals surface area contributed by atoms with E-state index in [1.54, 1.807) is 6.20 Å². The third-order valence-corrected chi connectivity index (χ3v) is 11.2. The summed E-state index contributed by atoms with van der Waals surface area (Å²) in [5.74, 6) is 0. The van der Waals surface area contributed by atoms with Gasteiger partial charge in [0.15, 0.2) is 0 Å². The van der Waals surface area contributed by atoms with E-state index in [1.807, 2.05) is 137 Å². The van der Waals surface area contributed by atoms with E-state index in [0.717, 1.165) is 73.5 Å². The number of hydrogen-bond donors (Lipinski definition) is 0. The van der Waals surface area contributed by atoms with Crippen molar-refractivity contribution >= 4 is 101 Å². The maximum atomic E-state index is 6.01. The smallest absolute Gasteiger partial charge is 0.399 e. The average molecular weight is 876 g/mol. The molecule has 0 bridgehead atoms. The van der Waals surface area contributed by atoms with Crippen LogP contribution in [0.1, 0.15) is 27.7 Å². The molecule has 5 aromatic carbocycles. The molecule has 8 rings (SSSR count). The van der Waals surface area contributed by atoms with Crippen LogP contribution in [0.2, 0.25) is 15.1 Å². The number of pyridine rings is 2. The van der Waals surface area contributed by atoms with Gasteiger partial charge in [0, 0.05) is 52.7 Å². The molecule has 0 radical (unpaired) electrons. The Labute approximate surface area is 336 Å². The van der Waals surface area contributed by atoms with E-state index in [1.165, 1.54) is 0 Å². The van der Waals surface area contributed by atoms with Gasteiger partial charge < -0.3 is 9.31 Å².